The standard InChI is InChI=1S/C21H22N6O/c1-13-3-5-17-16(11-13)20(25-24-17)21-22-18-6-4-15(12-19(18)23-21)27-9-7-26(8-10-27)14(2)28/h3-6,11-12H,7-10H2,1-2H3,(H,22,23)(H,24,25). The number of nitrogens with zero attached hydrogens (tertiary/aromatic N) is 4. The van der Waals surface area contributed by atoms with Gasteiger partial charge >= 0.3 is 0 Å². The van der Waals surface area contributed by atoms with Gasteiger partial charge in [-0.25, -0.2) is 4.98 Å². The molecule has 28 heavy (non-hydrogen) atoms. The number of fused-ring (bicyclic) bond motifs is 2. The first-order chi connectivity index (χ1) is 13.6. The molecule has 7 heteroatoms. The molecule has 0 bridgehead atoms. The topological polar surface area (TPSA) is 80.9 Å². The van der Waals surface area contributed by atoms with Gasteiger partial charge in [0.15, 0.2) is 5.82 Å². The fraction of sp³-hybridized carbons (Fsp3) is 0.286. The molecule has 0 atom stereocenters. The number of amides is 1. The number of aromatic nitrogens is 4. The van der Waals surface area contributed by atoms with Crippen LogP contribution in [0.15, 0.2) is 36.4 Å². The maximum Gasteiger partial charge on any atom is 0.219 e. The number of piperazine rings is 1. The second-order valence-electron chi connectivity index (χ2n) is 7.40. The van der Waals surface area contributed by atoms with E-state index in [1.807, 2.05) is 17.0 Å². The molecule has 7 nitrogen and oxygen atoms in total. The Kier molecular flexibility index (Phi) is 3.82. The van der Waals surface area contributed by atoms with E-state index in [9.17, 15) is 4.79 Å². The summed E-state index contributed by atoms with van der Waals surface area (Å²) in [6.07, 6.45) is 0. The van der Waals surface area contributed by atoms with Crippen LogP contribution in [0, 0.1) is 6.92 Å². The van der Waals surface area contributed by atoms with Gasteiger partial charge in [-0.1, -0.05) is 11.6 Å². The largest absolute Gasteiger partial charge is 0.368 e. The normalized spacial score (nSPS) is 14.9. The van der Waals surface area contributed by atoms with Gasteiger partial charge < -0.3 is 14.8 Å². The minimum absolute atomic E-state index is 0.148. The number of imidazole rings is 1. The van der Waals surface area contributed by atoms with E-state index in [2.05, 4.69) is 51.3 Å². The molecule has 1 saturated heterocycles. The van der Waals surface area contributed by atoms with Crippen LogP contribution in [0.4, 0.5) is 5.69 Å². The van der Waals surface area contributed by atoms with Gasteiger partial charge in [0, 0.05) is 44.2 Å². The number of aryl methyl sites for hydroxylation is 1. The second kappa shape index (κ2) is 6.37. The molecule has 1 aliphatic heterocycles. The molecule has 2 aromatic heterocycles. The fourth-order valence-electron chi connectivity index (χ4n) is 3.89. The SMILES string of the molecule is CC(=O)N1CCN(c2ccc3nc(-c4n[nH]c5ccc(C)cc45)[nH]c3c2)CC1. The monoisotopic (exact) mass is 374 g/mol. The van der Waals surface area contributed by atoms with Crippen molar-refractivity contribution in [1.29, 1.82) is 0 Å². The van der Waals surface area contributed by atoms with Crippen LogP contribution in [-0.2, 0) is 4.79 Å². The molecule has 5 rings (SSSR count). The van der Waals surface area contributed by atoms with Crippen molar-refractivity contribution in [2.45, 2.75) is 13.8 Å². The number of nitrogens with one attached hydrogen (secondary N) is 2. The molecule has 0 unspecified atom stereocenters. The molecular formula is C21H22N6O. The Labute approximate surface area is 162 Å². The summed E-state index contributed by atoms with van der Waals surface area (Å²) in [6, 6.07) is 12.5. The highest BCUT2D eigenvalue weighted by Gasteiger charge is 2.19. The lowest BCUT2D eigenvalue weighted by molar-refractivity contribution is -0.129. The number of carbonyl (C=O) groups is 1. The number of aromatic amines is 2. The minimum Gasteiger partial charge on any atom is -0.368 e. The number of benzene rings is 2. The maximum absolute atomic E-state index is 11.5. The third kappa shape index (κ3) is 2.79. The van der Waals surface area contributed by atoms with Crippen molar-refractivity contribution in [1.82, 2.24) is 25.1 Å². The highest BCUT2D eigenvalue weighted by atomic mass is 16.2. The first kappa shape index (κ1) is 16.8. The molecule has 2 aromatic carbocycles. The van der Waals surface area contributed by atoms with Crippen LogP contribution in [0.5, 0.6) is 0 Å². The van der Waals surface area contributed by atoms with Gasteiger partial charge in [0.2, 0.25) is 5.91 Å². The van der Waals surface area contributed by atoms with E-state index in [-0.39, 0.29) is 5.91 Å². The molecular weight excluding hydrogens is 352 g/mol. The first-order valence-corrected chi connectivity index (χ1v) is 9.54. The molecule has 3 heterocycles. The smallest absolute Gasteiger partial charge is 0.219 e. The summed E-state index contributed by atoms with van der Waals surface area (Å²) in [5.41, 5.74) is 6.10. The number of rotatable bonds is 2. The quantitative estimate of drug-likeness (QED) is 0.565. The van der Waals surface area contributed by atoms with Gasteiger partial charge in [-0.3, -0.25) is 9.89 Å². The van der Waals surface area contributed by atoms with Crippen molar-refractivity contribution in [2.75, 3.05) is 31.1 Å². The molecule has 2 N–H and O–H groups in total. The summed E-state index contributed by atoms with van der Waals surface area (Å²) in [5, 5.41) is 8.63. The minimum atomic E-state index is 0.148. The van der Waals surface area contributed by atoms with Crippen LogP contribution in [0.1, 0.15) is 12.5 Å². The highest BCUT2D eigenvalue weighted by Crippen LogP contribution is 2.28. The lowest BCUT2D eigenvalue weighted by Gasteiger charge is -2.35. The molecule has 0 spiro atoms. The molecule has 0 radical (unpaired) electrons. The Hall–Kier alpha value is -3.35. The Bertz CT molecular complexity index is 1180. The second-order valence-corrected chi connectivity index (χ2v) is 7.40. The summed E-state index contributed by atoms with van der Waals surface area (Å²) in [6.45, 7) is 6.92. The first-order valence-electron chi connectivity index (χ1n) is 9.54. The van der Waals surface area contributed by atoms with E-state index < -0.39 is 0 Å². The average molecular weight is 374 g/mol. The van der Waals surface area contributed by atoms with Crippen molar-refractivity contribution in [2.24, 2.45) is 0 Å². The molecule has 1 amide bonds. The Morgan fingerprint density at radius 2 is 1.86 bits per heavy atom. The van der Waals surface area contributed by atoms with E-state index in [0.29, 0.717) is 0 Å². The van der Waals surface area contributed by atoms with Gasteiger partial charge in [0.05, 0.1) is 16.6 Å². The van der Waals surface area contributed by atoms with Gasteiger partial charge in [-0.15, -0.1) is 0 Å². The van der Waals surface area contributed by atoms with Crippen LogP contribution in [0.25, 0.3) is 33.5 Å². The van der Waals surface area contributed by atoms with E-state index in [1.54, 1.807) is 6.92 Å². The molecule has 1 aliphatic rings. The number of hydrogen-bond donors (Lipinski definition) is 2. The molecule has 1 fully saturated rings. The number of anilines is 1. The van der Waals surface area contributed by atoms with E-state index in [0.717, 1.165) is 65.3 Å². The number of H-pyrrole nitrogens is 2. The lowest BCUT2D eigenvalue weighted by Crippen LogP contribution is -2.48. The van der Waals surface area contributed by atoms with E-state index >= 15 is 0 Å². The van der Waals surface area contributed by atoms with Gasteiger partial charge in [0.1, 0.15) is 5.69 Å². The van der Waals surface area contributed by atoms with Gasteiger partial charge in [0.25, 0.3) is 0 Å². The third-order valence-corrected chi connectivity index (χ3v) is 5.50. The maximum atomic E-state index is 11.5. The summed E-state index contributed by atoms with van der Waals surface area (Å²) in [4.78, 5) is 23.9. The number of carbonyl (C=O) groups excluding carboxylic acids is 1. The van der Waals surface area contributed by atoms with Crippen LogP contribution >= 0.6 is 0 Å². The molecule has 0 saturated carbocycles. The fourth-order valence-corrected chi connectivity index (χ4v) is 3.89. The van der Waals surface area contributed by atoms with Crippen molar-refractivity contribution < 1.29 is 4.79 Å². The Balaban J connectivity index is 1.47. The van der Waals surface area contributed by atoms with E-state index in [4.69, 9.17) is 4.98 Å². The van der Waals surface area contributed by atoms with Gasteiger partial charge in [-0.05, 0) is 37.3 Å². The van der Waals surface area contributed by atoms with Crippen molar-refractivity contribution in [3.8, 4) is 11.5 Å². The summed E-state index contributed by atoms with van der Waals surface area (Å²) < 4.78 is 0. The zero-order chi connectivity index (χ0) is 19.3. The van der Waals surface area contributed by atoms with Gasteiger partial charge in [-0.2, -0.15) is 5.10 Å². The van der Waals surface area contributed by atoms with Crippen LogP contribution in [0.3, 0.4) is 0 Å². The molecule has 142 valence electrons. The van der Waals surface area contributed by atoms with Crippen molar-refractivity contribution in [3.05, 3.63) is 42.0 Å². The third-order valence-electron chi connectivity index (χ3n) is 5.50. The average Bonchev–Trinajstić information content (AvgIpc) is 3.30. The predicted molar refractivity (Wildman–Crippen MR) is 110 cm³/mol. The van der Waals surface area contributed by atoms with Crippen LogP contribution in [0.2, 0.25) is 0 Å². The lowest BCUT2D eigenvalue weighted by atomic mass is 10.1. The summed E-state index contributed by atoms with van der Waals surface area (Å²) >= 11 is 0. The van der Waals surface area contributed by atoms with Crippen molar-refractivity contribution in [3.63, 3.8) is 0 Å². The van der Waals surface area contributed by atoms with E-state index in [1.165, 1.54) is 5.56 Å². The summed E-state index contributed by atoms with van der Waals surface area (Å²) in [5.74, 6) is 0.917. The van der Waals surface area contributed by atoms with Crippen LogP contribution in [-0.4, -0.2) is 57.2 Å². The zero-order valence-electron chi connectivity index (χ0n) is 16.0. The predicted octanol–water partition coefficient (Wildman–Crippen LogP) is 3.08. The zero-order valence-corrected chi connectivity index (χ0v) is 16.0. The molecule has 4 aromatic rings. The Morgan fingerprint density at radius 3 is 2.64 bits per heavy atom. The van der Waals surface area contributed by atoms with Crippen LogP contribution < -0.4 is 4.90 Å². The Morgan fingerprint density at radius 1 is 1.04 bits per heavy atom. The highest BCUT2D eigenvalue weighted by molar-refractivity contribution is 5.93. The van der Waals surface area contributed by atoms with Crippen molar-refractivity contribution >= 4 is 33.5 Å². The number of hydrogen-bond acceptors (Lipinski definition) is 4. The molecule has 0 aliphatic carbocycles. The summed E-state index contributed by atoms with van der Waals surface area (Å²) in [7, 11) is 0.